The first-order valence-corrected chi connectivity index (χ1v) is 12.8. The molecule has 1 fully saturated rings. The summed E-state index contributed by atoms with van der Waals surface area (Å²) >= 11 is 0. The van der Waals surface area contributed by atoms with Gasteiger partial charge in [-0.15, -0.1) is 0 Å². The van der Waals surface area contributed by atoms with Gasteiger partial charge in [-0.1, -0.05) is 42.5 Å². The van der Waals surface area contributed by atoms with Gasteiger partial charge in [0.2, 0.25) is 5.95 Å². The predicted octanol–water partition coefficient (Wildman–Crippen LogP) is 5.52. The van der Waals surface area contributed by atoms with E-state index < -0.39 is 17.6 Å². The van der Waals surface area contributed by atoms with Crippen LogP contribution in [0.15, 0.2) is 78.9 Å². The van der Waals surface area contributed by atoms with Gasteiger partial charge in [-0.05, 0) is 54.9 Å². The van der Waals surface area contributed by atoms with Crippen molar-refractivity contribution in [2.24, 2.45) is 0 Å². The van der Waals surface area contributed by atoms with Crippen LogP contribution in [0, 0.1) is 0 Å². The minimum absolute atomic E-state index is 0.143. The highest BCUT2D eigenvalue weighted by Crippen LogP contribution is 2.29. The fourth-order valence-corrected chi connectivity index (χ4v) is 4.85. The molecule has 1 N–H and O–H groups in total. The quantitative estimate of drug-likeness (QED) is 0.332. The lowest BCUT2D eigenvalue weighted by Crippen LogP contribution is -2.46. The van der Waals surface area contributed by atoms with E-state index in [2.05, 4.69) is 44.4 Å². The van der Waals surface area contributed by atoms with E-state index in [-0.39, 0.29) is 5.56 Å². The molecule has 5 rings (SSSR count). The first-order valence-electron chi connectivity index (χ1n) is 12.8. The molecular formula is C29H30F3N5O. The highest BCUT2D eigenvalue weighted by Gasteiger charge is 2.30. The van der Waals surface area contributed by atoms with E-state index in [0.29, 0.717) is 12.5 Å². The van der Waals surface area contributed by atoms with Gasteiger partial charge in [-0.2, -0.15) is 13.2 Å². The largest absolute Gasteiger partial charge is 0.416 e. The number of imidazole rings is 1. The van der Waals surface area contributed by atoms with Gasteiger partial charge in [-0.25, -0.2) is 4.98 Å². The van der Waals surface area contributed by atoms with E-state index in [1.807, 2.05) is 34.9 Å². The Morgan fingerprint density at radius 2 is 1.47 bits per heavy atom. The lowest BCUT2D eigenvalue weighted by atomic mass is 10.1. The van der Waals surface area contributed by atoms with Crippen molar-refractivity contribution in [2.45, 2.75) is 25.7 Å². The number of alkyl halides is 3. The van der Waals surface area contributed by atoms with E-state index in [1.54, 1.807) is 0 Å². The molecule has 0 aliphatic carbocycles. The second kappa shape index (κ2) is 11.4. The average Bonchev–Trinajstić information content (AvgIpc) is 3.26. The molecule has 0 unspecified atom stereocenters. The number of carbonyl (C=O) groups is 1. The summed E-state index contributed by atoms with van der Waals surface area (Å²) in [6.07, 6.45) is -3.57. The van der Waals surface area contributed by atoms with Crippen molar-refractivity contribution >= 4 is 22.9 Å². The third-order valence-electron chi connectivity index (χ3n) is 6.92. The molecule has 0 bridgehead atoms. The number of nitrogens with one attached hydrogen (secondary N) is 1. The third kappa shape index (κ3) is 6.23. The number of carbonyl (C=O) groups excluding carboxylic acids is 1. The molecule has 4 aromatic rings. The SMILES string of the molecule is O=C(Nc1nc2ccccc2n1CCCN1CCN(Cc2ccccc2)CC1)c1ccc(C(F)(F)F)cc1. The summed E-state index contributed by atoms with van der Waals surface area (Å²) in [5.74, 6) is -0.103. The van der Waals surface area contributed by atoms with Gasteiger partial charge < -0.3 is 9.47 Å². The minimum atomic E-state index is -4.45. The van der Waals surface area contributed by atoms with Crippen molar-refractivity contribution in [3.63, 3.8) is 0 Å². The van der Waals surface area contributed by atoms with Crippen LogP contribution in [0.4, 0.5) is 19.1 Å². The Morgan fingerprint density at radius 1 is 0.816 bits per heavy atom. The van der Waals surface area contributed by atoms with Crippen molar-refractivity contribution in [3.8, 4) is 0 Å². The van der Waals surface area contributed by atoms with E-state index in [0.717, 1.165) is 68.9 Å². The second-order valence-electron chi connectivity index (χ2n) is 9.56. The number of piperazine rings is 1. The third-order valence-corrected chi connectivity index (χ3v) is 6.92. The number of para-hydroxylation sites is 2. The molecule has 1 aliphatic heterocycles. The number of nitrogens with zero attached hydrogens (tertiary/aromatic N) is 4. The summed E-state index contributed by atoms with van der Waals surface area (Å²) in [4.78, 5) is 22.3. The summed E-state index contributed by atoms with van der Waals surface area (Å²) in [6, 6.07) is 22.4. The lowest BCUT2D eigenvalue weighted by molar-refractivity contribution is -0.137. The van der Waals surface area contributed by atoms with Crippen molar-refractivity contribution in [1.82, 2.24) is 19.4 Å². The minimum Gasteiger partial charge on any atom is -0.310 e. The van der Waals surface area contributed by atoms with E-state index in [4.69, 9.17) is 0 Å². The number of halogens is 3. The molecule has 1 amide bonds. The molecule has 0 radical (unpaired) electrons. The summed E-state index contributed by atoms with van der Waals surface area (Å²) < 4.78 is 40.6. The van der Waals surface area contributed by atoms with Gasteiger partial charge >= 0.3 is 6.18 Å². The first kappa shape index (κ1) is 25.9. The van der Waals surface area contributed by atoms with Crippen LogP contribution >= 0.6 is 0 Å². The van der Waals surface area contributed by atoms with Crippen LogP contribution in [0.3, 0.4) is 0 Å². The molecular weight excluding hydrogens is 491 g/mol. The zero-order valence-electron chi connectivity index (χ0n) is 21.0. The smallest absolute Gasteiger partial charge is 0.310 e. The van der Waals surface area contributed by atoms with Gasteiger partial charge in [0.15, 0.2) is 0 Å². The van der Waals surface area contributed by atoms with Gasteiger partial charge in [0.05, 0.1) is 16.6 Å². The molecule has 6 nitrogen and oxygen atoms in total. The Kier molecular flexibility index (Phi) is 7.76. The molecule has 38 heavy (non-hydrogen) atoms. The number of aromatic nitrogens is 2. The van der Waals surface area contributed by atoms with E-state index in [1.165, 1.54) is 17.7 Å². The first-order chi connectivity index (χ1) is 18.4. The van der Waals surface area contributed by atoms with Gasteiger partial charge in [0.25, 0.3) is 5.91 Å². The lowest BCUT2D eigenvalue weighted by Gasteiger charge is -2.34. The molecule has 2 heterocycles. The van der Waals surface area contributed by atoms with Crippen molar-refractivity contribution in [1.29, 1.82) is 0 Å². The molecule has 3 aromatic carbocycles. The Balaban J connectivity index is 1.19. The van der Waals surface area contributed by atoms with Crippen LogP contribution in [-0.2, 0) is 19.3 Å². The van der Waals surface area contributed by atoms with Gasteiger partial charge in [0, 0.05) is 44.8 Å². The Morgan fingerprint density at radius 3 is 2.18 bits per heavy atom. The number of amides is 1. The molecule has 0 spiro atoms. The highest BCUT2D eigenvalue weighted by atomic mass is 19.4. The zero-order chi connectivity index (χ0) is 26.5. The summed E-state index contributed by atoms with van der Waals surface area (Å²) in [5, 5.41) is 2.80. The Bertz CT molecular complexity index is 1360. The molecule has 9 heteroatoms. The van der Waals surface area contributed by atoms with Crippen LogP contribution in [0.2, 0.25) is 0 Å². The highest BCUT2D eigenvalue weighted by molar-refractivity contribution is 6.04. The monoisotopic (exact) mass is 521 g/mol. The number of hydrogen-bond acceptors (Lipinski definition) is 4. The van der Waals surface area contributed by atoms with Gasteiger partial charge in [-0.3, -0.25) is 15.0 Å². The second-order valence-corrected chi connectivity index (χ2v) is 9.56. The van der Waals surface area contributed by atoms with Crippen molar-refractivity contribution in [2.75, 3.05) is 38.0 Å². The number of hydrogen-bond donors (Lipinski definition) is 1. The van der Waals surface area contributed by atoms with Crippen molar-refractivity contribution < 1.29 is 18.0 Å². The van der Waals surface area contributed by atoms with Crippen LogP contribution < -0.4 is 5.32 Å². The van der Waals surface area contributed by atoms with Crippen LogP contribution in [-0.4, -0.2) is 58.0 Å². The van der Waals surface area contributed by atoms with E-state index >= 15 is 0 Å². The van der Waals surface area contributed by atoms with Crippen LogP contribution in [0.1, 0.15) is 27.9 Å². The molecule has 1 aliphatic rings. The summed E-state index contributed by atoms with van der Waals surface area (Å²) in [7, 11) is 0. The Labute approximate surface area is 219 Å². The number of aryl methyl sites for hydroxylation is 1. The average molecular weight is 522 g/mol. The summed E-state index contributed by atoms with van der Waals surface area (Å²) in [5.41, 5.74) is 2.35. The topological polar surface area (TPSA) is 53.4 Å². The molecule has 1 saturated heterocycles. The standard InChI is InChI=1S/C29H30F3N5O/c30-29(31,32)24-13-11-23(12-14-24)27(38)34-28-33-25-9-4-5-10-26(25)37(28)16-6-15-35-17-19-36(20-18-35)21-22-7-2-1-3-8-22/h1-5,7-14H,6,15-21H2,(H,33,34,38). The molecule has 1 aromatic heterocycles. The normalized spacial score (nSPS) is 15.1. The maximum absolute atomic E-state index is 12.9. The maximum Gasteiger partial charge on any atom is 0.416 e. The zero-order valence-corrected chi connectivity index (χ0v) is 21.0. The fourth-order valence-electron chi connectivity index (χ4n) is 4.85. The van der Waals surface area contributed by atoms with Crippen LogP contribution in [0.5, 0.6) is 0 Å². The fraction of sp³-hybridized carbons (Fsp3) is 0.310. The van der Waals surface area contributed by atoms with Gasteiger partial charge in [0.1, 0.15) is 0 Å². The molecule has 198 valence electrons. The number of rotatable bonds is 8. The maximum atomic E-state index is 12.9. The van der Waals surface area contributed by atoms with Crippen LogP contribution in [0.25, 0.3) is 11.0 Å². The number of benzene rings is 3. The molecule has 0 atom stereocenters. The van der Waals surface area contributed by atoms with E-state index in [9.17, 15) is 18.0 Å². The summed E-state index contributed by atoms with van der Waals surface area (Å²) in [6.45, 7) is 6.63. The molecule has 0 saturated carbocycles. The predicted molar refractivity (Wildman–Crippen MR) is 142 cm³/mol. The Hall–Kier alpha value is -3.69. The number of fused-ring (bicyclic) bond motifs is 1. The van der Waals surface area contributed by atoms with Crippen molar-refractivity contribution in [3.05, 3.63) is 95.6 Å². The number of anilines is 1.